The number of benzene rings is 1. The van der Waals surface area contributed by atoms with E-state index in [9.17, 15) is 4.79 Å². The van der Waals surface area contributed by atoms with Gasteiger partial charge in [0, 0.05) is 12.1 Å². The van der Waals surface area contributed by atoms with Gasteiger partial charge in [-0.3, -0.25) is 4.79 Å². The van der Waals surface area contributed by atoms with Gasteiger partial charge in [-0.2, -0.15) is 0 Å². The van der Waals surface area contributed by atoms with Crippen molar-refractivity contribution < 1.29 is 14.3 Å². The Bertz CT molecular complexity index is 714. The molecule has 0 bridgehead atoms. The average Bonchev–Trinajstić information content (AvgIpc) is 3.22. The Balaban J connectivity index is 1.96. The van der Waals surface area contributed by atoms with Crippen LogP contribution in [0, 0.1) is 6.92 Å². The molecule has 0 spiro atoms. The zero-order valence-electron chi connectivity index (χ0n) is 13.5. The fourth-order valence-electron chi connectivity index (χ4n) is 3.07. The van der Waals surface area contributed by atoms with Crippen molar-refractivity contribution in [3.8, 4) is 11.5 Å². The summed E-state index contributed by atoms with van der Waals surface area (Å²) >= 11 is 1.40. The number of amides is 1. The molecule has 0 N–H and O–H groups in total. The van der Waals surface area contributed by atoms with Gasteiger partial charge >= 0.3 is 0 Å². The number of hydrogen-bond donors (Lipinski definition) is 0. The second kappa shape index (κ2) is 6.58. The molecule has 122 valence electrons. The van der Waals surface area contributed by atoms with E-state index in [4.69, 9.17) is 9.47 Å². The lowest BCUT2D eigenvalue weighted by atomic mass is 10.0. The van der Waals surface area contributed by atoms with Crippen LogP contribution in [-0.4, -0.2) is 36.6 Å². The molecule has 1 aliphatic rings. The first-order valence-electron chi connectivity index (χ1n) is 7.58. The van der Waals surface area contributed by atoms with Gasteiger partial charge in [-0.25, -0.2) is 4.98 Å². The summed E-state index contributed by atoms with van der Waals surface area (Å²) in [5.74, 6) is 1.61. The molecule has 3 rings (SSSR count). The molecule has 1 saturated heterocycles. The molecule has 1 fully saturated rings. The lowest BCUT2D eigenvalue weighted by Gasteiger charge is -2.26. The minimum atomic E-state index is 0.00838. The van der Waals surface area contributed by atoms with Gasteiger partial charge < -0.3 is 14.4 Å². The highest BCUT2D eigenvalue weighted by molar-refractivity contribution is 7.11. The van der Waals surface area contributed by atoms with E-state index < -0.39 is 0 Å². The molecule has 2 heterocycles. The van der Waals surface area contributed by atoms with Crippen molar-refractivity contribution in [3.05, 3.63) is 39.8 Å². The van der Waals surface area contributed by atoms with Gasteiger partial charge in [-0.05, 0) is 38.0 Å². The maximum atomic E-state index is 12.9. The summed E-state index contributed by atoms with van der Waals surface area (Å²) in [4.78, 5) is 19.7. The van der Waals surface area contributed by atoms with Crippen LogP contribution in [0.5, 0.6) is 11.5 Å². The zero-order chi connectivity index (χ0) is 16.4. The van der Waals surface area contributed by atoms with Crippen LogP contribution in [0.15, 0.2) is 23.7 Å². The standard InChI is InChI=1S/C17H20N2O3S/c1-11-16(23-10-18-11)17(20)19-8-4-5-14(19)13-9-12(21-2)6-7-15(13)22-3/h6-7,9-10,14H,4-5,8H2,1-3H3/t14-/m1/s1. The zero-order valence-corrected chi connectivity index (χ0v) is 14.4. The van der Waals surface area contributed by atoms with Gasteiger partial charge in [-0.15, -0.1) is 11.3 Å². The molecular formula is C17H20N2O3S. The van der Waals surface area contributed by atoms with Crippen LogP contribution in [0.1, 0.15) is 39.8 Å². The molecule has 1 atom stereocenters. The summed E-state index contributed by atoms with van der Waals surface area (Å²) in [7, 11) is 3.30. The van der Waals surface area contributed by atoms with Crippen LogP contribution >= 0.6 is 11.3 Å². The van der Waals surface area contributed by atoms with Gasteiger partial charge in [0.1, 0.15) is 16.4 Å². The fourth-order valence-corrected chi connectivity index (χ4v) is 3.83. The highest BCUT2D eigenvalue weighted by Gasteiger charge is 2.33. The van der Waals surface area contributed by atoms with Crippen molar-refractivity contribution >= 4 is 17.2 Å². The SMILES string of the molecule is COc1ccc(OC)c([C@H]2CCCN2C(=O)c2scnc2C)c1. The maximum absolute atomic E-state index is 12.9. The molecule has 0 radical (unpaired) electrons. The number of aryl methyl sites for hydroxylation is 1. The monoisotopic (exact) mass is 332 g/mol. The lowest BCUT2D eigenvalue weighted by Crippen LogP contribution is -2.30. The van der Waals surface area contributed by atoms with Gasteiger partial charge in [0.25, 0.3) is 5.91 Å². The Kier molecular flexibility index (Phi) is 4.52. The number of carbonyl (C=O) groups excluding carboxylic acids is 1. The van der Waals surface area contributed by atoms with Gasteiger partial charge in [0.2, 0.25) is 0 Å². The van der Waals surface area contributed by atoms with Crippen LogP contribution < -0.4 is 9.47 Å². The van der Waals surface area contributed by atoms with E-state index >= 15 is 0 Å². The minimum absolute atomic E-state index is 0.00838. The average molecular weight is 332 g/mol. The van der Waals surface area contributed by atoms with E-state index in [2.05, 4.69) is 4.98 Å². The molecule has 0 saturated carbocycles. The van der Waals surface area contributed by atoms with Crippen molar-refractivity contribution in [3.63, 3.8) is 0 Å². The van der Waals surface area contributed by atoms with Crippen LogP contribution in [-0.2, 0) is 0 Å². The van der Waals surface area contributed by atoms with E-state index in [1.54, 1.807) is 19.7 Å². The number of rotatable bonds is 4. The summed E-state index contributed by atoms with van der Waals surface area (Å²) in [6, 6.07) is 5.74. The third kappa shape index (κ3) is 2.91. The summed E-state index contributed by atoms with van der Waals surface area (Å²) in [6.45, 7) is 2.63. The lowest BCUT2D eigenvalue weighted by molar-refractivity contribution is 0.0738. The van der Waals surface area contributed by atoms with Crippen molar-refractivity contribution in [2.24, 2.45) is 0 Å². The highest BCUT2D eigenvalue weighted by atomic mass is 32.1. The van der Waals surface area contributed by atoms with Crippen LogP contribution in [0.4, 0.5) is 0 Å². The van der Waals surface area contributed by atoms with E-state index in [0.717, 1.165) is 47.0 Å². The minimum Gasteiger partial charge on any atom is -0.497 e. The number of hydrogen-bond acceptors (Lipinski definition) is 5. The maximum Gasteiger partial charge on any atom is 0.266 e. The van der Waals surface area contributed by atoms with Crippen molar-refractivity contribution in [1.82, 2.24) is 9.88 Å². The predicted octanol–water partition coefficient (Wildman–Crippen LogP) is 3.45. The van der Waals surface area contributed by atoms with Crippen molar-refractivity contribution in [1.29, 1.82) is 0 Å². The fraction of sp³-hybridized carbons (Fsp3) is 0.412. The van der Waals surface area contributed by atoms with Crippen LogP contribution in [0.25, 0.3) is 0 Å². The number of carbonyl (C=O) groups is 1. The molecule has 1 aromatic heterocycles. The summed E-state index contributed by atoms with van der Waals surface area (Å²) < 4.78 is 10.8. The van der Waals surface area contributed by atoms with E-state index in [-0.39, 0.29) is 11.9 Å². The molecule has 0 unspecified atom stereocenters. The van der Waals surface area contributed by atoms with Gasteiger partial charge in [0.05, 0.1) is 31.5 Å². The quantitative estimate of drug-likeness (QED) is 0.860. The van der Waals surface area contributed by atoms with Crippen molar-refractivity contribution in [2.45, 2.75) is 25.8 Å². The first-order valence-corrected chi connectivity index (χ1v) is 8.46. The third-order valence-corrected chi connectivity index (χ3v) is 5.17. The number of methoxy groups -OCH3 is 2. The Morgan fingerprint density at radius 1 is 1.35 bits per heavy atom. The molecule has 1 aromatic carbocycles. The normalized spacial score (nSPS) is 17.3. The molecule has 1 aliphatic heterocycles. The summed E-state index contributed by atoms with van der Waals surface area (Å²) in [5.41, 5.74) is 3.52. The Labute approximate surface area is 139 Å². The number of thiazole rings is 1. The third-order valence-electron chi connectivity index (χ3n) is 4.25. The molecule has 1 amide bonds. The number of aromatic nitrogens is 1. The Morgan fingerprint density at radius 3 is 2.83 bits per heavy atom. The Hall–Kier alpha value is -2.08. The summed E-state index contributed by atoms with van der Waals surface area (Å²) in [5, 5.41) is 0. The number of nitrogens with zero attached hydrogens (tertiary/aromatic N) is 2. The second-order valence-electron chi connectivity index (χ2n) is 5.53. The van der Waals surface area contributed by atoms with Crippen molar-refractivity contribution in [2.75, 3.05) is 20.8 Å². The topological polar surface area (TPSA) is 51.7 Å². The molecule has 2 aromatic rings. The number of ether oxygens (including phenoxy) is 2. The van der Waals surface area contributed by atoms with E-state index in [1.165, 1.54) is 11.3 Å². The molecule has 5 nitrogen and oxygen atoms in total. The molecular weight excluding hydrogens is 312 g/mol. The van der Waals surface area contributed by atoms with Crippen LogP contribution in [0.2, 0.25) is 0 Å². The molecule has 0 aliphatic carbocycles. The molecule has 6 heteroatoms. The summed E-state index contributed by atoms with van der Waals surface area (Å²) in [6.07, 6.45) is 1.90. The molecule has 23 heavy (non-hydrogen) atoms. The highest BCUT2D eigenvalue weighted by Crippen LogP contribution is 2.40. The van der Waals surface area contributed by atoms with E-state index in [1.807, 2.05) is 30.0 Å². The largest absolute Gasteiger partial charge is 0.497 e. The predicted molar refractivity (Wildman–Crippen MR) is 89.4 cm³/mol. The van der Waals surface area contributed by atoms with E-state index in [0.29, 0.717) is 0 Å². The van der Waals surface area contributed by atoms with Crippen LogP contribution in [0.3, 0.4) is 0 Å². The van der Waals surface area contributed by atoms with Gasteiger partial charge in [-0.1, -0.05) is 0 Å². The Morgan fingerprint density at radius 2 is 2.17 bits per heavy atom. The second-order valence-corrected chi connectivity index (χ2v) is 6.39. The number of likely N-dealkylation sites (tertiary alicyclic amines) is 1. The first-order chi connectivity index (χ1) is 11.2. The van der Waals surface area contributed by atoms with Gasteiger partial charge in [0.15, 0.2) is 0 Å². The first kappa shape index (κ1) is 15.8. The smallest absolute Gasteiger partial charge is 0.266 e.